The summed E-state index contributed by atoms with van der Waals surface area (Å²) < 4.78 is 33.7. The van der Waals surface area contributed by atoms with Gasteiger partial charge >= 0.3 is 0 Å². The highest BCUT2D eigenvalue weighted by Crippen LogP contribution is 2.35. The highest BCUT2D eigenvalue weighted by atomic mass is 32.2. The number of anilines is 2. The Morgan fingerprint density at radius 1 is 1.19 bits per heavy atom. The second-order valence-corrected chi connectivity index (χ2v) is 10.3. The summed E-state index contributed by atoms with van der Waals surface area (Å²) in [5.74, 6) is -0.458. The van der Waals surface area contributed by atoms with Crippen LogP contribution in [0.1, 0.15) is 24.0 Å². The van der Waals surface area contributed by atoms with Crippen LogP contribution in [0.15, 0.2) is 41.3 Å². The molecule has 8 nitrogen and oxygen atoms in total. The highest BCUT2D eigenvalue weighted by molar-refractivity contribution is 7.89. The van der Waals surface area contributed by atoms with Gasteiger partial charge in [0.2, 0.25) is 15.9 Å². The molecule has 9 heteroatoms. The van der Waals surface area contributed by atoms with Crippen molar-refractivity contribution in [1.29, 1.82) is 0 Å². The Morgan fingerprint density at radius 2 is 1.91 bits per heavy atom. The van der Waals surface area contributed by atoms with Crippen molar-refractivity contribution in [2.24, 2.45) is 5.92 Å². The van der Waals surface area contributed by atoms with Crippen molar-refractivity contribution < 1.29 is 22.7 Å². The first-order valence-corrected chi connectivity index (χ1v) is 12.0. The van der Waals surface area contributed by atoms with Gasteiger partial charge in [0.05, 0.1) is 16.5 Å². The van der Waals surface area contributed by atoms with Crippen molar-refractivity contribution in [3.05, 3.63) is 47.5 Å². The number of hydrogen-bond acceptors (Lipinski definition) is 5. The molecule has 32 heavy (non-hydrogen) atoms. The number of piperidine rings is 1. The van der Waals surface area contributed by atoms with Gasteiger partial charge in [0, 0.05) is 31.9 Å². The Morgan fingerprint density at radius 3 is 2.62 bits per heavy atom. The van der Waals surface area contributed by atoms with Crippen molar-refractivity contribution >= 4 is 33.2 Å². The number of rotatable bonds is 4. The fraction of sp³-hybridized carbons (Fsp3) is 0.391. The van der Waals surface area contributed by atoms with E-state index in [4.69, 9.17) is 4.74 Å². The molecule has 4 rings (SSSR count). The minimum absolute atomic E-state index is 0.0954. The van der Waals surface area contributed by atoms with Crippen molar-refractivity contribution in [3.63, 3.8) is 0 Å². The molecule has 0 bridgehead atoms. The van der Waals surface area contributed by atoms with Crippen LogP contribution >= 0.6 is 0 Å². The number of amides is 2. The van der Waals surface area contributed by atoms with Gasteiger partial charge in [-0.05, 0) is 50.5 Å². The number of carbonyl (C=O) groups excluding carboxylic acids is 2. The van der Waals surface area contributed by atoms with Gasteiger partial charge in [0.15, 0.2) is 6.61 Å². The minimum atomic E-state index is -3.83. The van der Waals surface area contributed by atoms with Crippen LogP contribution in [-0.4, -0.2) is 51.3 Å². The molecule has 0 aromatic heterocycles. The lowest BCUT2D eigenvalue weighted by atomic mass is 9.98. The number of benzene rings is 2. The molecule has 1 fully saturated rings. The highest BCUT2D eigenvalue weighted by Gasteiger charge is 2.36. The van der Waals surface area contributed by atoms with Crippen LogP contribution in [-0.2, 0) is 19.6 Å². The van der Waals surface area contributed by atoms with Gasteiger partial charge in [0.1, 0.15) is 5.75 Å². The molecular weight excluding hydrogens is 430 g/mol. The molecule has 2 amide bonds. The normalized spacial score (nSPS) is 19.0. The SMILES string of the molecule is Cc1ccc(N(C)C(=O)[C@@H]2CCCN(S(=O)(=O)c3cc4c(cc3C)NC(=O)CO4)C2)cc1. The first-order chi connectivity index (χ1) is 15.2. The van der Waals surface area contributed by atoms with E-state index in [0.29, 0.717) is 36.4 Å². The number of nitrogens with zero attached hydrogens (tertiary/aromatic N) is 2. The fourth-order valence-electron chi connectivity index (χ4n) is 4.16. The number of hydrogen-bond donors (Lipinski definition) is 1. The average molecular weight is 458 g/mol. The Labute approximate surface area is 188 Å². The summed E-state index contributed by atoms with van der Waals surface area (Å²) in [6, 6.07) is 10.7. The maximum Gasteiger partial charge on any atom is 0.262 e. The van der Waals surface area contributed by atoms with E-state index in [9.17, 15) is 18.0 Å². The van der Waals surface area contributed by atoms with Crippen molar-refractivity contribution in [1.82, 2.24) is 4.31 Å². The predicted molar refractivity (Wildman–Crippen MR) is 121 cm³/mol. The van der Waals surface area contributed by atoms with E-state index in [-0.39, 0.29) is 29.9 Å². The third-order valence-electron chi connectivity index (χ3n) is 6.01. The molecule has 2 aromatic rings. The van der Waals surface area contributed by atoms with Crippen LogP contribution < -0.4 is 15.0 Å². The Kier molecular flexibility index (Phi) is 5.96. The molecule has 0 radical (unpaired) electrons. The van der Waals surface area contributed by atoms with Crippen LogP contribution in [0.4, 0.5) is 11.4 Å². The number of aryl methyl sites for hydroxylation is 2. The smallest absolute Gasteiger partial charge is 0.262 e. The predicted octanol–water partition coefficient (Wildman–Crippen LogP) is 2.70. The van der Waals surface area contributed by atoms with Crippen molar-refractivity contribution in [3.8, 4) is 5.75 Å². The van der Waals surface area contributed by atoms with Crippen LogP contribution in [0.2, 0.25) is 0 Å². The maximum absolute atomic E-state index is 13.5. The summed E-state index contributed by atoms with van der Waals surface area (Å²) >= 11 is 0. The topological polar surface area (TPSA) is 96.0 Å². The van der Waals surface area contributed by atoms with Gasteiger partial charge in [-0.25, -0.2) is 8.42 Å². The summed E-state index contributed by atoms with van der Waals surface area (Å²) in [4.78, 5) is 26.4. The zero-order valence-corrected chi connectivity index (χ0v) is 19.2. The number of carbonyl (C=O) groups is 2. The maximum atomic E-state index is 13.5. The molecule has 1 atom stereocenters. The Hall–Kier alpha value is -2.91. The molecule has 2 aromatic carbocycles. The van der Waals surface area contributed by atoms with Gasteiger partial charge < -0.3 is 15.0 Å². The van der Waals surface area contributed by atoms with Gasteiger partial charge in [-0.1, -0.05) is 17.7 Å². The molecule has 170 valence electrons. The molecule has 2 aliphatic rings. The molecular formula is C23H27N3O5S. The van der Waals surface area contributed by atoms with Crippen LogP contribution in [0.25, 0.3) is 0 Å². The Balaban J connectivity index is 1.55. The number of sulfonamides is 1. The quantitative estimate of drug-likeness (QED) is 0.762. The molecule has 2 heterocycles. The molecule has 1 N–H and O–H groups in total. The zero-order chi connectivity index (χ0) is 23.0. The first kappa shape index (κ1) is 22.3. The molecule has 1 saturated heterocycles. The van der Waals surface area contributed by atoms with E-state index in [1.165, 1.54) is 10.4 Å². The lowest BCUT2D eigenvalue weighted by Gasteiger charge is -2.33. The molecule has 0 aliphatic carbocycles. The van der Waals surface area contributed by atoms with E-state index in [1.54, 1.807) is 24.9 Å². The Bertz CT molecular complexity index is 1160. The summed E-state index contributed by atoms with van der Waals surface area (Å²) in [5, 5.41) is 2.69. The number of ether oxygens (including phenoxy) is 1. The summed E-state index contributed by atoms with van der Waals surface area (Å²) in [7, 11) is -2.11. The van der Waals surface area contributed by atoms with Crippen molar-refractivity contribution in [2.75, 3.05) is 37.0 Å². The van der Waals surface area contributed by atoms with Crippen LogP contribution in [0, 0.1) is 19.8 Å². The molecule has 0 unspecified atom stereocenters. The second-order valence-electron chi connectivity index (χ2n) is 8.39. The lowest BCUT2D eigenvalue weighted by molar-refractivity contribution is -0.123. The summed E-state index contributed by atoms with van der Waals surface area (Å²) in [6.45, 7) is 4.00. The van der Waals surface area contributed by atoms with Crippen molar-refractivity contribution in [2.45, 2.75) is 31.6 Å². The average Bonchev–Trinajstić information content (AvgIpc) is 2.78. The third kappa shape index (κ3) is 4.22. The largest absolute Gasteiger partial charge is 0.482 e. The van der Waals surface area contributed by atoms with E-state index >= 15 is 0 Å². The van der Waals surface area contributed by atoms with E-state index in [0.717, 1.165) is 11.3 Å². The van der Waals surface area contributed by atoms with E-state index in [1.807, 2.05) is 31.2 Å². The summed E-state index contributed by atoms with van der Waals surface area (Å²) in [6.07, 6.45) is 1.24. The first-order valence-electron chi connectivity index (χ1n) is 10.6. The van der Waals surface area contributed by atoms with E-state index in [2.05, 4.69) is 5.32 Å². The van der Waals surface area contributed by atoms with Gasteiger partial charge in [-0.15, -0.1) is 0 Å². The number of fused-ring (bicyclic) bond motifs is 1. The monoisotopic (exact) mass is 457 g/mol. The molecule has 0 spiro atoms. The fourth-order valence-corrected chi connectivity index (χ4v) is 5.91. The van der Waals surface area contributed by atoms with Crippen LogP contribution in [0.3, 0.4) is 0 Å². The van der Waals surface area contributed by atoms with Gasteiger partial charge in [0.25, 0.3) is 5.91 Å². The minimum Gasteiger partial charge on any atom is -0.482 e. The summed E-state index contributed by atoms with van der Waals surface area (Å²) in [5.41, 5.74) is 2.86. The van der Waals surface area contributed by atoms with E-state index < -0.39 is 15.9 Å². The van der Waals surface area contributed by atoms with Gasteiger partial charge in [-0.2, -0.15) is 4.31 Å². The standard InChI is InChI=1S/C23H27N3O5S/c1-15-6-8-18(9-7-15)25(3)23(28)17-5-4-10-26(13-17)32(29,30)21-12-20-19(11-16(21)2)24-22(27)14-31-20/h6-9,11-12,17H,4-5,10,13-14H2,1-3H3,(H,24,27)/t17-/m1/s1. The third-order valence-corrected chi connectivity index (χ3v) is 8.02. The molecule has 0 saturated carbocycles. The lowest BCUT2D eigenvalue weighted by Crippen LogP contribution is -2.46. The molecule has 2 aliphatic heterocycles. The number of nitrogens with one attached hydrogen (secondary N) is 1. The van der Waals surface area contributed by atoms with Gasteiger partial charge in [-0.3, -0.25) is 9.59 Å². The van der Waals surface area contributed by atoms with Crippen LogP contribution in [0.5, 0.6) is 5.75 Å². The second kappa shape index (κ2) is 8.55. The zero-order valence-electron chi connectivity index (χ0n) is 18.4.